The highest BCUT2D eigenvalue weighted by molar-refractivity contribution is 5.03. The van der Waals surface area contributed by atoms with Gasteiger partial charge in [-0.05, 0) is 70.1 Å². The zero-order chi connectivity index (χ0) is 18.2. The molecule has 0 bridgehead atoms. The average Bonchev–Trinajstić information content (AvgIpc) is 2.60. The largest absolute Gasteiger partial charge is 0.316 e. The van der Waals surface area contributed by atoms with Gasteiger partial charge in [-0.25, -0.2) is 0 Å². The Hall–Kier alpha value is -0.160. The molecule has 3 saturated heterocycles. The number of hydrogen-bond donors (Lipinski definition) is 1. The number of nitrogens with one attached hydrogen (secondary N) is 1. The van der Waals surface area contributed by atoms with E-state index in [0.717, 1.165) is 11.3 Å². The first-order chi connectivity index (χ1) is 12.7. The first-order valence-corrected chi connectivity index (χ1v) is 11.5. The van der Waals surface area contributed by atoms with Crippen LogP contribution >= 0.6 is 0 Å². The first kappa shape index (κ1) is 20.6. The fourth-order valence-electron chi connectivity index (χ4n) is 5.23. The smallest absolute Gasteiger partial charge is 0.0110 e. The van der Waals surface area contributed by atoms with Gasteiger partial charge in [-0.3, -0.25) is 0 Å². The molecule has 152 valence electrons. The lowest BCUT2D eigenvalue weighted by Crippen LogP contribution is -2.61. The van der Waals surface area contributed by atoms with Crippen LogP contribution in [-0.4, -0.2) is 87.2 Å². The molecule has 3 heterocycles. The SMILES string of the molecule is C1CCN(CC2CC3(CNC3)C2)CC1.CCCCCN1CCN(C)CC1. The number of rotatable bonds is 6. The number of nitrogens with zero attached hydrogens (tertiary/aromatic N) is 3. The molecule has 0 aromatic carbocycles. The van der Waals surface area contributed by atoms with Gasteiger partial charge in [-0.2, -0.15) is 0 Å². The van der Waals surface area contributed by atoms with E-state index in [1.54, 1.807) is 0 Å². The van der Waals surface area contributed by atoms with Crippen molar-refractivity contribution in [1.82, 2.24) is 20.0 Å². The molecule has 0 aromatic rings. The third kappa shape index (κ3) is 6.19. The van der Waals surface area contributed by atoms with Crippen molar-refractivity contribution >= 4 is 0 Å². The van der Waals surface area contributed by atoms with Crippen LogP contribution in [0.5, 0.6) is 0 Å². The molecule has 26 heavy (non-hydrogen) atoms. The average molecular weight is 365 g/mol. The topological polar surface area (TPSA) is 21.8 Å². The minimum Gasteiger partial charge on any atom is -0.316 e. The second-order valence-electron chi connectivity index (χ2n) is 9.59. The van der Waals surface area contributed by atoms with Gasteiger partial charge in [0.2, 0.25) is 0 Å². The molecule has 3 aliphatic heterocycles. The molecule has 0 aromatic heterocycles. The molecule has 4 heteroatoms. The predicted molar refractivity (Wildman–Crippen MR) is 112 cm³/mol. The number of likely N-dealkylation sites (tertiary alicyclic amines) is 1. The Morgan fingerprint density at radius 3 is 2.12 bits per heavy atom. The van der Waals surface area contributed by atoms with Crippen LogP contribution in [0.15, 0.2) is 0 Å². The van der Waals surface area contributed by atoms with Crippen LogP contribution < -0.4 is 5.32 Å². The molecular weight excluding hydrogens is 320 g/mol. The summed E-state index contributed by atoms with van der Waals surface area (Å²) in [5.74, 6) is 1.04. The highest BCUT2D eigenvalue weighted by atomic mass is 15.2. The van der Waals surface area contributed by atoms with Gasteiger partial charge in [-0.1, -0.05) is 26.2 Å². The summed E-state index contributed by atoms with van der Waals surface area (Å²) in [6.07, 6.45) is 11.5. The van der Waals surface area contributed by atoms with Crippen LogP contribution in [-0.2, 0) is 0 Å². The van der Waals surface area contributed by atoms with Crippen molar-refractivity contribution in [2.24, 2.45) is 11.3 Å². The quantitative estimate of drug-likeness (QED) is 0.732. The van der Waals surface area contributed by atoms with Crippen LogP contribution in [0.1, 0.15) is 58.3 Å². The van der Waals surface area contributed by atoms with E-state index in [1.165, 1.54) is 117 Å². The fraction of sp³-hybridized carbons (Fsp3) is 1.00. The third-order valence-electron chi connectivity index (χ3n) is 7.08. The highest BCUT2D eigenvalue weighted by Gasteiger charge is 2.48. The molecule has 1 N–H and O–H groups in total. The first-order valence-electron chi connectivity index (χ1n) is 11.5. The molecule has 4 rings (SSSR count). The third-order valence-corrected chi connectivity index (χ3v) is 7.08. The number of piperazine rings is 1. The molecular formula is C22H44N4. The van der Waals surface area contributed by atoms with E-state index < -0.39 is 0 Å². The Labute approximate surface area is 162 Å². The fourth-order valence-corrected chi connectivity index (χ4v) is 5.23. The van der Waals surface area contributed by atoms with Gasteiger partial charge < -0.3 is 20.0 Å². The predicted octanol–water partition coefficient (Wildman–Crippen LogP) is 2.90. The van der Waals surface area contributed by atoms with Crippen LogP contribution in [0.4, 0.5) is 0 Å². The number of hydrogen-bond acceptors (Lipinski definition) is 4. The molecule has 1 spiro atoms. The summed E-state index contributed by atoms with van der Waals surface area (Å²) in [4.78, 5) is 7.71. The maximum absolute atomic E-state index is 3.41. The van der Waals surface area contributed by atoms with E-state index in [2.05, 4.69) is 34.0 Å². The standard InChI is InChI=1S/C12H22N2.C10H22N2/c1-2-4-14(5-3-1)8-11-6-12(7-11)9-13-10-12;1-3-4-5-6-12-9-7-11(2)8-10-12/h11,13H,1-10H2;3-10H2,1-2H3. The van der Waals surface area contributed by atoms with Crippen LogP contribution in [0.2, 0.25) is 0 Å². The van der Waals surface area contributed by atoms with Crippen molar-refractivity contribution in [3.8, 4) is 0 Å². The summed E-state index contributed by atoms with van der Waals surface area (Å²) < 4.78 is 0. The molecule has 0 amide bonds. The Morgan fingerprint density at radius 1 is 0.846 bits per heavy atom. The van der Waals surface area contributed by atoms with Crippen molar-refractivity contribution in [2.45, 2.75) is 58.3 Å². The van der Waals surface area contributed by atoms with Crippen LogP contribution in [0.3, 0.4) is 0 Å². The summed E-state index contributed by atoms with van der Waals surface area (Å²) in [6.45, 7) is 15.4. The van der Waals surface area contributed by atoms with E-state index in [1.807, 2.05) is 0 Å². The van der Waals surface area contributed by atoms with Gasteiger partial charge in [0.05, 0.1) is 0 Å². The zero-order valence-corrected chi connectivity index (χ0v) is 17.6. The van der Waals surface area contributed by atoms with Gasteiger partial charge in [-0.15, -0.1) is 0 Å². The molecule has 1 saturated carbocycles. The molecule has 0 radical (unpaired) electrons. The molecule has 4 fully saturated rings. The Kier molecular flexibility index (Phi) is 8.23. The van der Waals surface area contributed by atoms with E-state index in [-0.39, 0.29) is 0 Å². The van der Waals surface area contributed by atoms with E-state index in [4.69, 9.17) is 0 Å². The second-order valence-corrected chi connectivity index (χ2v) is 9.59. The van der Waals surface area contributed by atoms with Crippen molar-refractivity contribution in [3.05, 3.63) is 0 Å². The van der Waals surface area contributed by atoms with Crippen LogP contribution in [0.25, 0.3) is 0 Å². The monoisotopic (exact) mass is 364 g/mol. The summed E-state index contributed by atoms with van der Waals surface area (Å²) in [5.41, 5.74) is 0.778. The molecule has 4 aliphatic rings. The van der Waals surface area contributed by atoms with E-state index >= 15 is 0 Å². The summed E-state index contributed by atoms with van der Waals surface area (Å²) >= 11 is 0. The molecule has 1 aliphatic carbocycles. The highest BCUT2D eigenvalue weighted by Crippen LogP contribution is 2.48. The van der Waals surface area contributed by atoms with Gasteiger partial charge in [0.15, 0.2) is 0 Å². The van der Waals surface area contributed by atoms with Crippen molar-refractivity contribution in [3.63, 3.8) is 0 Å². The molecule has 4 nitrogen and oxygen atoms in total. The summed E-state index contributed by atoms with van der Waals surface area (Å²) in [7, 11) is 2.21. The van der Waals surface area contributed by atoms with Crippen molar-refractivity contribution in [1.29, 1.82) is 0 Å². The molecule has 0 atom stereocenters. The Bertz CT molecular complexity index is 374. The maximum Gasteiger partial charge on any atom is 0.0110 e. The number of likely N-dealkylation sites (N-methyl/N-ethyl adjacent to an activating group) is 1. The van der Waals surface area contributed by atoms with Gasteiger partial charge in [0.25, 0.3) is 0 Å². The minimum absolute atomic E-state index is 0.778. The van der Waals surface area contributed by atoms with E-state index in [0.29, 0.717) is 0 Å². The lowest BCUT2D eigenvalue weighted by Gasteiger charge is -2.55. The number of piperidine rings is 1. The van der Waals surface area contributed by atoms with Crippen LogP contribution in [0, 0.1) is 11.3 Å². The second kappa shape index (κ2) is 10.4. The Balaban J connectivity index is 0.000000153. The van der Waals surface area contributed by atoms with Gasteiger partial charge in [0.1, 0.15) is 0 Å². The normalized spacial score (nSPS) is 27.5. The molecule has 0 unspecified atom stereocenters. The van der Waals surface area contributed by atoms with E-state index in [9.17, 15) is 0 Å². The Morgan fingerprint density at radius 2 is 1.54 bits per heavy atom. The van der Waals surface area contributed by atoms with Gasteiger partial charge in [0, 0.05) is 45.8 Å². The van der Waals surface area contributed by atoms with Crippen molar-refractivity contribution < 1.29 is 0 Å². The number of unbranched alkanes of at least 4 members (excludes halogenated alkanes) is 2. The lowest BCUT2D eigenvalue weighted by molar-refractivity contribution is -0.0177. The minimum atomic E-state index is 0.778. The van der Waals surface area contributed by atoms with Crippen molar-refractivity contribution in [2.75, 3.05) is 72.5 Å². The zero-order valence-electron chi connectivity index (χ0n) is 17.6. The lowest BCUT2D eigenvalue weighted by atomic mass is 9.58. The van der Waals surface area contributed by atoms with Gasteiger partial charge >= 0.3 is 0 Å². The summed E-state index contributed by atoms with van der Waals surface area (Å²) in [5, 5.41) is 3.41. The summed E-state index contributed by atoms with van der Waals surface area (Å²) in [6, 6.07) is 0. The maximum atomic E-state index is 3.41.